The zero-order valence-electron chi connectivity index (χ0n) is 19.4. The van der Waals surface area contributed by atoms with Gasteiger partial charge in [0.15, 0.2) is 7.85 Å². The van der Waals surface area contributed by atoms with Crippen molar-refractivity contribution >= 4 is 42.7 Å². The second-order valence-electron chi connectivity index (χ2n) is 9.92. The van der Waals surface area contributed by atoms with E-state index in [1.54, 1.807) is 0 Å². The molecule has 2 aromatic rings. The number of pyridine rings is 1. The van der Waals surface area contributed by atoms with Gasteiger partial charge in [-0.15, -0.1) is 0 Å². The van der Waals surface area contributed by atoms with E-state index in [0.717, 1.165) is 27.1 Å². The number of anilines is 1. The summed E-state index contributed by atoms with van der Waals surface area (Å²) in [6.45, 7) is 2.80. The fourth-order valence-corrected chi connectivity index (χ4v) is 5.86. The molecule has 4 rings (SSSR count). The van der Waals surface area contributed by atoms with Gasteiger partial charge in [-0.05, 0) is 37.7 Å². The lowest BCUT2D eigenvalue weighted by Crippen LogP contribution is -2.51. The first-order chi connectivity index (χ1) is 15.3. The van der Waals surface area contributed by atoms with Crippen molar-refractivity contribution in [2.24, 2.45) is 5.92 Å². The van der Waals surface area contributed by atoms with Crippen molar-refractivity contribution in [3.05, 3.63) is 28.2 Å². The highest BCUT2D eigenvalue weighted by atomic mass is 32.2. The molecule has 2 aliphatic rings. The van der Waals surface area contributed by atoms with Gasteiger partial charge in [0.1, 0.15) is 13.5 Å². The highest BCUT2D eigenvalue weighted by Crippen LogP contribution is 2.37. The van der Waals surface area contributed by atoms with E-state index in [1.807, 2.05) is 14.8 Å². The number of sulfonamides is 1. The van der Waals surface area contributed by atoms with Gasteiger partial charge >= 0.3 is 0 Å². The van der Waals surface area contributed by atoms with Crippen molar-refractivity contribution in [1.29, 1.82) is 0 Å². The number of rotatable bonds is 5. The summed E-state index contributed by atoms with van der Waals surface area (Å²) in [6, 6.07) is 1.00. The minimum Gasteiger partial charge on any atom is -0.356 e. The molecule has 0 bridgehead atoms. The van der Waals surface area contributed by atoms with Crippen LogP contribution in [0.5, 0.6) is 0 Å². The molecule has 0 unspecified atom stereocenters. The fourth-order valence-electron chi connectivity index (χ4n) is 5.02. The normalized spacial score (nSPS) is 24.2. The Morgan fingerprint density at radius 2 is 1.94 bits per heavy atom. The van der Waals surface area contributed by atoms with Crippen LogP contribution in [0.4, 0.5) is 14.7 Å². The molecular weight excluding hydrogens is 450 g/mol. The molecule has 2 atom stereocenters. The molecule has 3 heterocycles. The summed E-state index contributed by atoms with van der Waals surface area (Å²) in [6.07, 6.45) is 6.40. The predicted octanol–water partition coefficient (Wildman–Crippen LogP) is 0.632. The average molecular weight is 479 g/mol. The standard InChI is InChI=1S/C20H29B2F2N5O3S/c1-12-4-3-5-15(12)29-16-13(10-14(17(29)30)20(22,23)24)11-25-18(26-16)27-19(21)6-8-28(9-7-19)33(2,31)32/h10-12,15H,3-9,21-22H2,1-2H3,(H,25,26,27)/t12-,15-/m1/s1. The smallest absolute Gasteiger partial charge is 0.260 e. The lowest BCUT2D eigenvalue weighted by molar-refractivity contribution is 0.0917. The van der Waals surface area contributed by atoms with Crippen molar-refractivity contribution in [3.8, 4) is 0 Å². The summed E-state index contributed by atoms with van der Waals surface area (Å²) in [5, 5.41) is 3.70. The molecule has 13 heteroatoms. The highest BCUT2D eigenvalue weighted by Gasteiger charge is 2.36. The largest absolute Gasteiger partial charge is 0.356 e. The third kappa shape index (κ3) is 4.80. The molecule has 33 heavy (non-hydrogen) atoms. The minimum absolute atomic E-state index is 0.177. The van der Waals surface area contributed by atoms with Gasteiger partial charge in [-0.25, -0.2) is 26.5 Å². The van der Waals surface area contributed by atoms with Crippen LogP contribution in [-0.2, 0) is 15.8 Å². The van der Waals surface area contributed by atoms with Gasteiger partial charge in [-0.1, -0.05) is 13.3 Å². The lowest BCUT2D eigenvalue weighted by Gasteiger charge is -2.39. The maximum atomic E-state index is 14.2. The lowest BCUT2D eigenvalue weighted by atomic mass is 9.71. The number of halogens is 2. The number of nitrogens with zero attached hydrogens (tertiary/aromatic N) is 4. The Morgan fingerprint density at radius 1 is 1.27 bits per heavy atom. The predicted molar refractivity (Wildman–Crippen MR) is 129 cm³/mol. The minimum atomic E-state index is -3.27. The number of hydrogen-bond donors (Lipinski definition) is 1. The van der Waals surface area contributed by atoms with Crippen LogP contribution in [0, 0.1) is 5.92 Å². The summed E-state index contributed by atoms with van der Waals surface area (Å²) in [5.74, 6) is -2.80. The molecule has 0 radical (unpaired) electrons. The highest BCUT2D eigenvalue weighted by molar-refractivity contribution is 7.88. The molecule has 0 spiro atoms. The Bertz CT molecular complexity index is 1230. The molecule has 8 nitrogen and oxygen atoms in total. The number of piperidine rings is 1. The van der Waals surface area contributed by atoms with Crippen LogP contribution >= 0.6 is 0 Å². The number of aromatic nitrogens is 3. The number of nitrogens with one attached hydrogen (secondary N) is 1. The van der Waals surface area contributed by atoms with Crippen LogP contribution < -0.4 is 10.9 Å². The van der Waals surface area contributed by atoms with Crippen molar-refractivity contribution in [1.82, 2.24) is 18.8 Å². The molecule has 1 N–H and O–H groups in total. The molecule has 0 aromatic carbocycles. The number of fused-ring (bicyclic) bond motifs is 1. The van der Waals surface area contributed by atoms with E-state index in [0.29, 0.717) is 42.9 Å². The summed E-state index contributed by atoms with van der Waals surface area (Å²) < 4.78 is 55.0. The molecule has 1 aliphatic carbocycles. The van der Waals surface area contributed by atoms with Crippen LogP contribution in [0.15, 0.2) is 17.1 Å². The molecule has 2 aromatic heterocycles. The molecule has 178 valence electrons. The van der Waals surface area contributed by atoms with Gasteiger partial charge in [0.05, 0.1) is 11.8 Å². The van der Waals surface area contributed by atoms with Gasteiger partial charge < -0.3 is 5.32 Å². The van der Waals surface area contributed by atoms with E-state index >= 15 is 0 Å². The topological polar surface area (TPSA) is 97.2 Å². The average Bonchev–Trinajstić information content (AvgIpc) is 3.11. The quantitative estimate of drug-likeness (QED) is 0.633. The van der Waals surface area contributed by atoms with Gasteiger partial charge in [0.25, 0.3) is 5.56 Å². The van der Waals surface area contributed by atoms with E-state index in [2.05, 4.69) is 15.3 Å². The van der Waals surface area contributed by atoms with Crippen molar-refractivity contribution < 1.29 is 17.2 Å². The van der Waals surface area contributed by atoms with Crippen LogP contribution in [0.1, 0.15) is 50.6 Å². The van der Waals surface area contributed by atoms with E-state index in [9.17, 15) is 22.0 Å². The van der Waals surface area contributed by atoms with Crippen molar-refractivity contribution in [2.45, 2.75) is 56.3 Å². The Morgan fingerprint density at radius 3 is 2.48 bits per heavy atom. The third-order valence-corrected chi connectivity index (χ3v) is 8.41. The Kier molecular flexibility index (Phi) is 6.09. The van der Waals surface area contributed by atoms with Crippen LogP contribution in [0.3, 0.4) is 0 Å². The summed E-state index contributed by atoms with van der Waals surface area (Å²) in [7, 11) is -0.530. The first-order valence-corrected chi connectivity index (χ1v) is 13.2. The fraction of sp³-hybridized carbons (Fsp3) is 0.650. The van der Waals surface area contributed by atoms with E-state index in [-0.39, 0.29) is 12.0 Å². The van der Waals surface area contributed by atoms with Crippen LogP contribution in [0.25, 0.3) is 11.0 Å². The Labute approximate surface area is 194 Å². The van der Waals surface area contributed by atoms with Gasteiger partial charge in [0, 0.05) is 36.2 Å². The molecule has 1 saturated carbocycles. The van der Waals surface area contributed by atoms with Crippen molar-refractivity contribution in [2.75, 3.05) is 24.7 Å². The number of hydrogen-bond acceptors (Lipinski definition) is 6. The molecular formula is C20H29B2F2N5O3S. The zero-order valence-corrected chi connectivity index (χ0v) is 20.3. The van der Waals surface area contributed by atoms with Crippen molar-refractivity contribution in [3.63, 3.8) is 0 Å². The zero-order chi connectivity index (χ0) is 24.2. The summed E-state index contributed by atoms with van der Waals surface area (Å²) in [4.78, 5) is 22.1. The molecule has 1 saturated heterocycles. The maximum absolute atomic E-state index is 14.2. The molecule has 1 aliphatic heterocycles. The van der Waals surface area contributed by atoms with E-state index in [4.69, 9.17) is 0 Å². The van der Waals surface area contributed by atoms with Crippen LogP contribution in [0.2, 0.25) is 0 Å². The van der Waals surface area contributed by atoms with Gasteiger partial charge in [-0.3, -0.25) is 9.36 Å². The monoisotopic (exact) mass is 479 g/mol. The van der Waals surface area contributed by atoms with Gasteiger partial charge in [-0.2, -0.15) is 4.98 Å². The number of alkyl halides is 2. The van der Waals surface area contributed by atoms with Gasteiger partial charge in [0.2, 0.25) is 21.8 Å². The first kappa shape index (κ1) is 24.1. The second-order valence-corrected chi connectivity index (χ2v) is 11.9. The molecule has 2 fully saturated rings. The Hall–Kier alpha value is -2.01. The third-order valence-electron chi connectivity index (χ3n) is 7.10. The second kappa shape index (κ2) is 8.33. The van der Waals surface area contributed by atoms with Crippen LogP contribution in [-0.4, -0.2) is 67.7 Å². The summed E-state index contributed by atoms with van der Waals surface area (Å²) >= 11 is 0. The van der Waals surface area contributed by atoms with E-state index < -0.39 is 32.4 Å². The summed E-state index contributed by atoms with van der Waals surface area (Å²) in [5.41, 5.74) is -1.33. The van der Waals surface area contributed by atoms with E-state index in [1.165, 1.54) is 27.4 Å². The Balaban J connectivity index is 1.73. The SMILES string of the molecule is BC1(Nc2ncc3cc(C(B)(F)F)c(=O)n([C@@H]4CCC[C@H]4C)c3n2)CCN(S(C)(=O)=O)CC1. The first-order valence-electron chi connectivity index (χ1n) is 11.3. The maximum Gasteiger partial charge on any atom is 0.260 e. The molecule has 0 amide bonds.